The molecule has 1 spiro atoms. The Kier molecular flexibility index (Phi) is 5.40. The van der Waals surface area contributed by atoms with Gasteiger partial charge in [0.2, 0.25) is 0 Å². The van der Waals surface area contributed by atoms with Gasteiger partial charge in [-0.05, 0) is 58.1 Å². The molecule has 2 heterocycles. The second-order valence-electron chi connectivity index (χ2n) is 7.57. The summed E-state index contributed by atoms with van der Waals surface area (Å²) in [5.74, 6) is -0.724. The van der Waals surface area contributed by atoms with Crippen LogP contribution in [0, 0.1) is 0 Å². The van der Waals surface area contributed by atoms with Gasteiger partial charge in [0.25, 0.3) is 15.7 Å². The third-order valence-electron chi connectivity index (χ3n) is 5.78. The molecule has 33 heavy (non-hydrogen) atoms. The van der Waals surface area contributed by atoms with Gasteiger partial charge in [0.05, 0.1) is 5.69 Å². The number of para-hydroxylation sites is 1. The number of nitrogens with zero attached hydrogens (tertiary/aromatic N) is 1. The molecule has 0 radical (unpaired) electrons. The first kappa shape index (κ1) is 22.2. The van der Waals surface area contributed by atoms with Crippen LogP contribution in [0.15, 0.2) is 93.1 Å². The largest absolute Gasteiger partial charge is 0.427 e. The molecule has 0 aliphatic carbocycles. The predicted molar refractivity (Wildman–Crippen MR) is 130 cm³/mol. The number of thioether (sulfide) groups is 1. The summed E-state index contributed by atoms with van der Waals surface area (Å²) < 4.78 is 35.3. The van der Waals surface area contributed by atoms with Crippen LogP contribution in [-0.2, 0) is 19.6 Å². The van der Waals surface area contributed by atoms with E-state index in [0.29, 0.717) is 15.6 Å². The summed E-state index contributed by atoms with van der Waals surface area (Å²) in [4.78, 5) is 13.6. The fraction of sp³-hybridized carbons (Fsp3) is 0.125. The zero-order valence-corrected chi connectivity index (χ0v) is 20.5. The molecule has 3 aromatic carbocycles. The van der Waals surface area contributed by atoms with E-state index in [4.69, 9.17) is 4.74 Å². The molecule has 6 nitrogen and oxygen atoms in total. The minimum atomic E-state index is -4.28. The van der Waals surface area contributed by atoms with E-state index in [0.717, 1.165) is 9.20 Å². The van der Waals surface area contributed by atoms with Crippen LogP contribution in [0.25, 0.3) is 5.57 Å². The number of benzene rings is 3. The average Bonchev–Trinajstić information content (AvgIpc) is 3.28. The predicted octanol–water partition coefficient (Wildman–Crippen LogP) is 4.75. The summed E-state index contributed by atoms with van der Waals surface area (Å²) >= 11 is 4.89. The third kappa shape index (κ3) is 3.25. The highest BCUT2D eigenvalue weighted by atomic mass is 79.9. The van der Waals surface area contributed by atoms with Crippen LogP contribution >= 0.6 is 27.7 Å². The highest BCUT2D eigenvalue weighted by Gasteiger charge is 2.64. The Bertz CT molecular complexity index is 1400. The van der Waals surface area contributed by atoms with Crippen molar-refractivity contribution in [1.29, 1.82) is 0 Å². The van der Waals surface area contributed by atoms with Crippen LogP contribution in [0.2, 0.25) is 0 Å². The second-order valence-corrected chi connectivity index (χ2v) is 11.1. The van der Waals surface area contributed by atoms with Gasteiger partial charge >= 0.3 is 5.97 Å². The molecule has 0 aromatic heterocycles. The van der Waals surface area contributed by atoms with Gasteiger partial charge in [0.15, 0.2) is 0 Å². The van der Waals surface area contributed by atoms with Crippen molar-refractivity contribution in [2.75, 3.05) is 10.6 Å². The number of aliphatic hydroxyl groups excluding tert-OH is 1. The molecule has 0 saturated heterocycles. The first-order valence-electron chi connectivity index (χ1n) is 9.97. The Morgan fingerprint density at radius 3 is 2.39 bits per heavy atom. The van der Waals surface area contributed by atoms with Crippen molar-refractivity contribution in [3.05, 3.63) is 94.5 Å². The van der Waals surface area contributed by atoms with E-state index in [2.05, 4.69) is 15.9 Å². The number of anilines is 1. The normalized spacial score (nSPS) is 21.8. The minimum absolute atomic E-state index is 0.00620. The summed E-state index contributed by atoms with van der Waals surface area (Å²) in [7, 11) is -4.28. The number of hydrogen-bond acceptors (Lipinski definition) is 6. The van der Waals surface area contributed by atoms with Crippen molar-refractivity contribution in [3.63, 3.8) is 0 Å². The van der Waals surface area contributed by atoms with Crippen LogP contribution in [0.5, 0.6) is 0 Å². The molecule has 0 unspecified atom stereocenters. The standard InChI is InChI=1S/C24H18BrNO5S2/c1-32-16-12-10-15(11-13-16)18-14-22(27)31-24(18)23(28)17-6-2-4-8-20(17)26(24)33(29,30)21-9-5-3-7-19(21)25/h2-14,23,28H,1H3/t23-,24-/m0/s1. The van der Waals surface area contributed by atoms with E-state index in [1.165, 1.54) is 12.1 Å². The molecule has 0 saturated carbocycles. The van der Waals surface area contributed by atoms with E-state index < -0.39 is 27.8 Å². The van der Waals surface area contributed by atoms with Gasteiger partial charge in [-0.2, -0.15) is 0 Å². The monoisotopic (exact) mass is 543 g/mol. The SMILES string of the molecule is CSc1ccc(C2=CC(=O)O[C@]23[C@@H](O)c2ccccc2N3S(=O)(=O)c2ccccc2Br)cc1. The maximum absolute atomic E-state index is 14.1. The Morgan fingerprint density at radius 2 is 1.70 bits per heavy atom. The maximum atomic E-state index is 14.1. The number of esters is 1. The second kappa shape index (κ2) is 8.02. The van der Waals surface area contributed by atoms with Crippen LogP contribution in [-0.4, -0.2) is 31.5 Å². The van der Waals surface area contributed by atoms with Crippen molar-refractivity contribution in [3.8, 4) is 0 Å². The smallest absolute Gasteiger partial charge is 0.333 e. The maximum Gasteiger partial charge on any atom is 0.333 e. The van der Waals surface area contributed by atoms with Gasteiger partial charge in [0, 0.05) is 26.6 Å². The highest BCUT2D eigenvalue weighted by molar-refractivity contribution is 9.10. The lowest BCUT2D eigenvalue weighted by molar-refractivity contribution is -0.151. The number of carbonyl (C=O) groups excluding carboxylic acids is 1. The molecule has 168 valence electrons. The van der Waals surface area contributed by atoms with Crippen molar-refractivity contribution in [2.45, 2.75) is 21.6 Å². The molecular formula is C24H18BrNO5S2. The summed E-state index contributed by atoms with van der Waals surface area (Å²) in [6.07, 6.45) is 1.77. The van der Waals surface area contributed by atoms with Crippen LogP contribution in [0.4, 0.5) is 5.69 Å². The third-order valence-corrected chi connectivity index (χ3v) is 9.34. The van der Waals surface area contributed by atoms with E-state index in [9.17, 15) is 18.3 Å². The van der Waals surface area contributed by atoms with Crippen molar-refractivity contribution in [2.24, 2.45) is 0 Å². The topological polar surface area (TPSA) is 83.9 Å². The van der Waals surface area contributed by atoms with Gasteiger partial charge in [-0.1, -0.05) is 42.5 Å². The van der Waals surface area contributed by atoms with Crippen LogP contribution in [0.1, 0.15) is 17.2 Å². The first-order valence-corrected chi connectivity index (χ1v) is 13.4. The Morgan fingerprint density at radius 1 is 1.03 bits per heavy atom. The lowest BCUT2D eigenvalue weighted by Gasteiger charge is -2.38. The number of fused-ring (bicyclic) bond motifs is 1. The summed E-state index contributed by atoms with van der Waals surface area (Å²) in [5.41, 5.74) is -0.510. The van der Waals surface area contributed by atoms with Gasteiger partial charge in [-0.3, -0.25) is 0 Å². The molecule has 2 aliphatic rings. The van der Waals surface area contributed by atoms with Crippen molar-refractivity contribution in [1.82, 2.24) is 0 Å². The zero-order valence-electron chi connectivity index (χ0n) is 17.3. The number of aliphatic hydroxyl groups is 1. The molecule has 0 amide bonds. The quantitative estimate of drug-likeness (QED) is 0.377. The first-order chi connectivity index (χ1) is 15.8. The number of sulfonamides is 1. The number of hydrogen-bond donors (Lipinski definition) is 1. The summed E-state index contributed by atoms with van der Waals surface area (Å²) in [6, 6.07) is 20.4. The number of halogens is 1. The molecule has 0 fully saturated rings. The fourth-order valence-corrected chi connectivity index (χ4v) is 7.42. The van der Waals surface area contributed by atoms with E-state index in [-0.39, 0.29) is 16.2 Å². The molecule has 1 N–H and O–H groups in total. The number of carbonyl (C=O) groups is 1. The van der Waals surface area contributed by atoms with E-state index in [1.807, 2.05) is 18.4 Å². The van der Waals surface area contributed by atoms with Gasteiger partial charge in [0.1, 0.15) is 11.0 Å². The summed E-state index contributed by atoms with van der Waals surface area (Å²) in [5, 5.41) is 11.5. The Balaban J connectivity index is 1.78. The average molecular weight is 544 g/mol. The molecule has 3 aromatic rings. The summed E-state index contributed by atoms with van der Waals surface area (Å²) in [6.45, 7) is 0. The van der Waals surface area contributed by atoms with Gasteiger partial charge < -0.3 is 9.84 Å². The minimum Gasteiger partial charge on any atom is -0.427 e. The van der Waals surface area contributed by atoms with Crippen LogP contribution < -0.4 is 4.31 Å². The van der Waals surface area contributed by atoms with Gasteiger partial charge in [-0.15, -0.1) is 11.8 Å². The molecule has 2 atom stereocenters. The number of ether oxygens (including phenoxy) is 1. The molecule has 0 bridgehead atoms. The lowest BCUT2D eigenvalue weighted by Crippen LogP contribution is -2.53. The fourth-order valence-electron chi connectivity index (χ4n) is 4.34. The van der Waals surface area contributed by atoms with E-state index >= 15 is 0 Å². The zero-order chi connectivity index (χ0) is 23.4. The molecule has 9 heteroatoms. The van der Waals surface area contributed by atoms with Crippen molar-refractivity contribution < 1.29 is 23.1 Å². The van der Waals surface area contributed by atoms with Crippen molar-refractivity contribution >= 4 is 54.9 Å². The molecular weight excluding hydrogens is 526 g/mol. The Labute approximate surface area is 204 Å². The molecule has 2 aliphatic heterocycles. The Hall–Kier alpha value is -2.59. The van der Waals surface area contributed by atoms with Gasteiger partial charge in [-0.25, -0.2) is 17.5 Å². The lowest BCUT2D eigenvalue weighted by atomic mass is 9.91. The van der Waals surface area contributed by atoms with E-state index in [1.54, 1.807) is 66.4 Å². The highest BCUT2D eigenvalue weighted by Crippen LogP contribution is 2.57. The van der Waals surface area contributed by atoms with Crippen LogP contribution in [0.3, 0.4) is 0 Å². The number of rotatable bonds is 4. The molecule has 5 rings (SSSR count).